The number of carbonyl (C=O) groups excluding carboxylic acids is 2. The third kappa shape index (κ3) is 6.67. The maximum atomic E-state index is 13.8. The molecule has 1 fully saturated rings. The molecular weight excluding hydrogens is 492 g/mol. The Bertz CT molecular complexity index is 1170. The Morgan fingerprint density at radius 3 is 1.77 bits per heavy atom. The van der Waals surface area contributed by atoms with Crippen molar-refractivity contribution in [3.63, 3.8) is 0 Å². The summed E-state index contributed by atoms with van der Waals surface area (Å²) < 4.78 is 17.3. The van der Waals surface area contributed by atoms with E-state index in [1.165, 1.54) is 7.11 Å². The first-order chi connectivity index (χ1) is 18.6. The molecule has 1 amide bonds. The van der Waals surface area contributed by atoms with Crippen LogP contribution >= 0.6 is 0 Å². The van der Waals surface area contributed by atoms with Gasteiger partial charge in [0.1, 0.15) is 5.72 Å². The van der Waals surface area contributed by atoms with Crippen molar-refractivity contribution in [1.29, 1.82) is 0 Å². The number of hydrogen-bond donors (Lipinski definition) is 0. The Labute approximate surface area is 231 Å². The molecule has 0 saturated carbocycles. The number of methoxy groups -OCH3 is 1. The Kier molecular flexibility index (Phi) is 8.73. The van der Waals surface area contributed by atoms with Crippen LogP contribution in [0.1, 0.15) is 50.4 Å². The summed E-state index contributed by atoms with van der Waals surface area (Å²) in [4.78, 5) is 30.9. The normalized spacial score (nSPS) is 17.4. The second-order valence-corrected chi connectivity index (χ2v) is 10.9. The van der Waals surface area contributed by atoms with Gasteiger partial charge in [0.2, 0.25) is 6.10 Å². The fraction of sp³-hybridized carbons (Fsp3) is 0.375. The molecule has 1 heterocycles. The summed E-state index contributed by atoms with van der Waals surface area (Å²) in [5, 5.41) is 0. The number of amides is 1. The van der Waals surface area contributed by atoms with Crippen molar-refractivity contribution >= 4 is 12.1 Å². The van der Waals surface area contributed by atoms with Gasteiger partial charge >= 0.3 is 12.1 Å². The molecule has 0 N–H and O–H groups in total. The summed E-state index contributed by atoms with van der Waals surface area (Å²) in [5.74, 6) is -0.626. The average Bonchev–Trinajstić information content (AvgIpc) is 3.16. The first-order valence-corrected chi connectivity index (χ1v) is 13.2. The van der Waals surface area contributed by atoms with Crippen LogP contribution in [0, 0.1) is 0 Å². The lowest BCUT2D eigenvalue weighted by Crippen LogP contribution is -2.55. The molecule has 3 aromatic carbocycles. The SMILES string of the molecule is COC(=O)[C@H](OC(=O)N1C(C)(C)COC1(C)C)[C@H](c1ccccc1)N(Cc1ccccc1)Cc1ccccc1. The fourth-order valence-corrected chi connectivity index (χ4v) is 5.31. The van der Waals surface area contributed by atoms with Gasteiger partial charge in [-0.25, -0.2) is 9.59 Å². The summed E-state index contributed by atoms with van der Waals surface area (Å²) in [6.45, 7) is 8.87. The molecule has 0 spiro atoms. The molecule has 0 bridgehead atoms. The summed E-state index contributed by atoms with van der Waals surface area (Å²) in [6.07, 6.45) is -1.86. The number of ether oxygens (including phenoxy) is 3. The van der Waals surface area contributed by atoms with E-state index in [2.05, 4.69) is 4.90 Å². The Morgan fingerprint density at radius 2 is 1.33 bits per heavy atom. The molecule has 39 heavy (non-hydrogen) atoms. The third-order valence-corrected chi connectivity index (χ3v) is 7.04. The molecule has 0 radical (unpaired) electrons. The van der Waals surface area contributed by atoms with Crippen molar-refractivity contribution < 1.29 is 23.8 Å². The van der Waals surface area contributed by atoms with Crippen molar-refractivity contribution in [1.82, 2.24) is 9.80 Å². The van der Waals surface area contributed by atoms with E-state index < -0.39 is 35.5 Å². The van der Waals surface area contributed by atoms with Crippen LogP contribution in [0.15, 0.2) is 91.0 Å². The monoisotopic (exact) mass is 530 g/mol. The molecule has 2 atom stereocenters. The van der Waals surface area contributed by atoms with Crippen LogP contribution in [0.2, 0.25) is 0 Å². The molecule has 4 rings (SSSR count). The predicted molar refractivity (Wildman–Crippen MR) is 150 cm³/mol. The number of benzene rings is 3. The highest BCUT2D eigenvalue weighted by atomic mass is 16.6. The average molecular weight is 531 g/mol. The van der Waals surface area contributed by atoms with E-state index in [9.17, 15) is 9.59 Å². The molecule has 3 aromatic rings. The van der Waals surface area contributed by atoms with E-state index in [0.717, 1.165) is 16.7 Å². The number of hydrogen-bond acceptors (Lipinski definition) is 6. The quantitative estimate of drug-likeness (QED) is 0.318. The first kappa shape index (κ1) is 28.3. The molecule has 206 valence electrons. The standard InChI is InChI=1S/C32H38N2O5/c1-31(2)23-38-32(3,4)34(31)30(36)39-28(29(35)37-5)27(26-19-13-8-14-20-26)33(21-24-15-9-6-10-16-24)22-25-17-11-7-12-18-25/h6-20,27-28H,21-23H2,1-5H3/t27-,28+/m0/s1. The summed E-state index contributed by atoms with van der Waals surface area (Å²) in [6, 6.07) is 29.1. The minimum absolute atomic E-state index is 0.355. The van der Waals surface area contributed by atoms with Crippen LogP contribution in [-0.4, -0.2) is 52.9 Å². The van der Waals surface area contributed by atoms with Crippen LogP contribution in [-0.2, 0) is 32.1 Å². The van der Waals surface area contributed by atoms with Crippen LogP contribution in [0.25, 0.3) is 0 Å². The highest BCUT2D eigenvalue weighted by molar-refractivity contribution is 5.80. The van der Waals surface area contributed by atoms with E-state index in [-0.39, 0.29) is 0 Å². The zero-order chi connectivity index (χ0) is 28.0. The number of carbonyl (C=O) groups is 2. The smallest absolute Gasteiger partial charge is 0.413 e. The Hall–Kier alpha value is -3.68. The van der Waals surface area contributed by atoms with Crippen molar-refractivity contribution in [2.75, 3.05) is 13.7 Å². The van der Waals surface area contributed by atoms with Gasteiger partial charge in [0.05, 0.1) is 25.3 Å². The van der Waals surface area contributed by atoms with E-state index in [1.807, 2.05) is 119 Å². The van der Waals surface area contributed by atoms with Crippen LogP contribution in [0.5, 0.6) is 0 Å². The molecule has 7 nitrogen and oxygen atoms in total. The van der Waals surface area contributed by atoms with Gasteiger partial charge in [-0.15, -0.1) is 0 Å². The zero-order valence-corrected chi connectivity index (χ0v) is 23.4. The second-order valence-electron chi connectivity index (χ2n) is 10.9. The maximum absolute atomic E-state index is 13.8. The Morgan fingerprint density at radius 1 is 0.846 bits per heavy atom. The predicted octanol–water partition coefficient (Wildman–Crippen LogP) is 5.96. The molecule has 1 saturated heterocycles. The number of esters is 1. The third-order valence-electron chi connectivity index (χ3n) is 7.04. The van der Waals surface area contributed by atoms with Gasteiger partial charge in [0.25, 0.3) is 0 Å². The highest BCUT2D eigenvalue weighted by Gasteiger charge is 2.51. The second kappa shape index (κ2) is 12.0. The van der Waals surface area contributed by atoms with Gasteiger partial charge in [0.15, 0.2) is 0 Å². The maximum Gasteiger partial charge on any atom is 0.413 e. The molecular formula is C32H38N2O5. The van der Waals surface area contributed by atoms with E-state index in [0.29, 0.717) is 19.7 Å². The summed E-state index contributed by atoms with van der Waals surface area (Å²) in [7, 11) is 1.32. The minimum Gasteiger partial charge on any atom is -0.466 e. The van der Waals surface area contributed by atoms with Crippen molar-refractivity contribution in [2.45, 2.75) is 64.2 Å². The Balaban J connectivity index is 1.78. The van der Waals surface area contributed by atoms with E-state index in [1.54, 1.807) is 4.90 Å². The fourth-order valence-electron chi connectivity index (χ4n) is 5.31. The minimum atomic E-state index is -1.23. The molecule has 0 aromatic heterocycles. The highest BCUT2D eigenvalue weighted by Crippen LogP contribution is 2.37. The van der Waals surface area contributed by atoms with Crippen molar-refractivity contribution in [3.8, 4) is 0 Å². The van der Waals surface area contributed by atoms with Gasteiger partial charge in [-0.1, -0.05) is 91.0 Å². The van der Waals surface area contributed by atoms with Crippen molar-refractivity contribution in [2.24, 2.45) is 0 Å². The zero-order valence-electron chi connectivity index (χ0n) is 23.4. The number of nitrogens with zero attached hydrogens (tertiary/aromatic N) is 2. The van der Waals surface area contributed by atoms with Gasteiger partial charge < -0.3 is 14.2 Å². The molecule has 0 aliphatic carbocycles. The van der Waals surface area contributed by atoms with Crippen molar-refractivity contribution in [3.05, 3.63) is 108 Å². The van der Waals surface area contributed by atoms with Gasteiger partial charge in [-0.05, 0) is 44.4 Å². The summed E-state index contributed by atoms with van der Waals surface area (Å²) >= 11 is 0. The van der Waals surface area contributed by atoms with E-state index >= 15 is 0 Å². The topological polar surface area (TPSA) is 68.3 Å². The van der Waals surface area contributed by atoms with E-state index in [4.69, 9.17) is 14.2 Å². The molecule has 0 unspecified atom stereocenters. The first-order valence-electron chi connectivity index (χ1n) is 13.2. The van der Waals surface area contributed by atoms with Gasteiger partial charge in [0, 0.05) is 13.1 Å². The lowest BCUT2D eigenvalue weighted by Gasteiger charge is -2.40. The lowest BCUT2D eigenvalue weighted by molar-refractivity contribution is -0.157. The molecule has 7 heteroatoms. The van der Waals surface area contributed by atoms with Crippen LogP contribution in [0.4, 0.5) is 4.79 Å². The lowest BCUT2D eigenvalue weighted by atomic mass is 9.97. The van der Waals surface area contributed by atoms with Crippen LogP contribution < -0.4 is 0 Å². The molecule has 1 aliphatic heterocycles. The van der Waals surface area contributed by atoms with Gasteiger partial charge in [-0.3, -0.25) is 9.80 Å². The molecule has 1 aliphatic rings. The van der Waals surface area contributed by atoms with Crippen LogP contribution in [0.3, 0.4) is 0 Å². The number of rotatable bonds is 9. The summed E-state index contributed by atoms with van der Waals surface area (Å²) in [5.41, 5.74) is 1.47. The van der Waals surface area contributed by atoms with Gasteiger partial charge in [-0.2, -0.15) is 0 Å². The largest absolute Gasteiger partial charge is 0.466 e.